The van der Waals surface area contributed by atoms with E-state index in [2.05, 4.69) is 20.5 Å². The zero-order valence-corrected chi connectivity index (χ0v) is 15.2. The topological polar surface area (TPSA) is 58.1 Å². The number of halogens is 1. The molecule has 2 rings (SSSR count). The van der Waals surface area contributed by atoms with Crippen molar-refractivity contribution in [1.29, 1.82) is 0 Å². The van der Waals surface area contributed by atoms with Crippen molar-refractivity contribution in [2.45, 2.75) is 13.5 Å². The number of nitrogens with one attached hydrogen (secondary N) is 2. The molecule has 1 aliphatic heterocycles. The van der Waals surface area contributed by atoms with E-state index >= 15 is 0 Å². The maximum absolute atomic E-state index is 6.03. The number of hydrogen-bond acceptors (Lipinski definition) is 4. The van der Waals surface area contributed by atoms with E-state index in [9.17, 15) is 0 Å². The molecule has 0 aromatic heterocycles. The third-order valence-corrected chi connectivity index (χ3v) is 4.06. The summed E-state index contributed by atoms with van der Waals surface area (Å²) in [6.07, 6.45) is 0. The van der Waals surface area contributed by atoms with Gasteiger partial charge in [0, 0.05) is 50.4 Å². The molecule has 0 unspecified atom stereocenters. The molecule has 0 radical (unpaired) electrons. The Morgan fingerprint density at radius 2 is 2.12 bits per heavy atom. The van der Waals surface area contributed by atoms with Crippen LogP contribution in [0.5, 0.6) is 5.75 Å². The van der Waals surface area contributed by atoms with Gasteiger partial charge in [-0.1, -0.05) is 17.7 Å². The Balaban J connectivity index is 1.78. The highest BCUT2D eigenvalue weighted by molar-refractivity contribution is 6.30. The molecule has 0 saturated carbocycles. The van der Waals surface area contributed by atoms with Gasteiger partial charge in [0.1, 0.15) is 5.75 Å². The zero-order chi connectivity index (χ0) is 17.2. The number of morpholine rings is 1. The lowest BCUT2D eigenvalue weighted by Crippen LogP contribution is -2.44. The Kier molecular flexibility index (Phi) is 8.15. The van der Waals surface area contributed by atoms with Crippen molar-refractivity contribution in [1.82, 2.24) is 15.5 Å². The lowest BCUT2D eigenvalue weighted by molar-refractivity contribution is 0.0389. The second kappa shape index (κ2) is 10.4. The number of hydrogen-bond donors (Lipinski definition) is 2. The highest BCUT2D eigenvalue weighted by Crippen LogP contribution is 2.23. The van der Waals surface area contributed by atoms with Crippen LogP contribution < -0.4 is 15.4 Å². The van der Waals surface area contributed by atoms with E-state index in [1.165, 1.54) is 0 Å². The van der Waals surface area contributed by atoms with Crippen LogP contribution >= 0.6 is 11.6 Å². The molecule has 1 fully saturated rings. The number of benzene rings is 1. The molecule has 1 aromatic rings. The van der Waals surface area contributed by atoms with E-state index in [1.807, 2.05) is 25.1 Å². The van der Waals surface area contributed by atoms with Crippen molar-refractivity contribution in [3.05, 3.63) is 28.8 Å². The Morgan fingerprint density at radius 3 is 2.83 bits per heavy atom. The van der Waals surface area contributed by atoms with Crippen LogP contribution in [0.25, 0.3) is 0 Å². The number of ether oxygens (including phenoxy) is 2. The number of nitrogens with zero attached hydrogens (tertiary/aromatic N) is 2. The lowest BCUT2D eigenvalue weighted by Gasteiger charge is -2.26. The van der Waals surface area contributed by atoms with Crippen molar-refractivity contribution in [3.8, 4) is 5.75 Å². The quantitative estimate of drug-likeness (QED) is 0.577. The fraction of sp³-hybridized carbons (Fsp3) is 0.588. The molecule has 1 heterocycles. The zero-order valence-electron chi connectivity index (χ0n) is 14.5. The molecule has 6 nitrogen and oxygen atoms in total. The number of aliphatic imine (C=N–C) groups is 1. The van der Waals surface area contributed by atoms with Crippen molar-refractivity contribution in [2.75, 3.05) is 53.0 Å². The molecule has 0 bridgehead atoms. The molecule has 0 atom stereocenters. The molecule has 134 valence electrons. The summed E-state index contributed by atoms with van der Waals surface area (Å²) in [6, 6.07) is 5.69. The monoisotopic (exact) mass is 354 g/mol. The maximum atomic E-state index is 6.03. The molecule has 2 N–H and O–H groups in total. The van der Waals surface area contributed by atoms with Crippen molar-refractivity contribution in [2.24, 2.45) is 4.99 Å². The summed E-state index contributed by atoms with van der Waals surface area (Å²) in [5, 5.41) is 7.33. The molecule has 1 aliphatic rings. The summed E-state index contributed by atoms with van der Waals surface area (Å²) in [6.45, 7) is 8.67. The molecular formula is C17H27ClN4O2. The predicted octanol–water partition coefficient (Wildman–Crippen LogP) is 1.74. The van der Waals surface area contributed by atoms with E-state index in [-0.39, 0.29) is 0 Å². The summed E-state index contributed by atoms with van der Waals surface area (Å²) >= 11 is 6.03. The fourth-order valence-corrected chi connectivity index (χ4v) is 2.68. The predicted molar refractivity (Wildman–Crippen MR) is 98.1 cm³/mol. The highest BCUT2D eigenvalue weighted by atomic mass is 35.5. The van der Waals surface area contributed by atoms with Gasteiger partial charge in [-0.3, -0.25) is 9.89 Å². The van der Waals surface area contributed by atoms with Gasteiger partial charge in [0.2, 0.25) is 0 Å². The summed E-state index contributed by atoms with van der Waals surface area (Å²) in [7, 11) is 1.77. The minimum Gasteiger partial charge on any atom is -0.493 e. The van der Waals surface area contributed by atoms with E-state index in [0.29, 0.717) is 18.2 Å². The number of guanidine groups is 1. The van der Waals surface area contributed by atoms with E-state index < -0.39 is 0 Å². The van der Waals surface area contributed by atoms with E-state index in [1.54, 1.807) is 7.05 Å². The second-order valence-electron chi connectivity index (χ2n) is 5.49. The summed E-state index contributed by atoms with van der Waals surface area (Å²) in [5.74, 6) is 1.59. The van der Waals surface area contributed by atoms with Gasteiger partial charge in [-0.25, -0.2) is 0 Å². The third-order valence-electron chi connectivity index (χ3n) is 3.82. The molecule has 1 saturated heterocycles. The molecule has 0 spiro atoms. The standard InChI is InChI=1S/C17H27ClN4O2/c1-3-24-16-12-15(18)5-4-14(16)13-21-17(19-2)20-6-7-22-8-10-23-11-9-22/h4-5,12H,3,6-11,13H2,1-2H3,(H2,19,20,21). The normalized spacial score (nSPS) is 16.0. The van der Waals surface area contributed by atoms with Crippen LogP contribution in [0, 0.1) is 0 Å². The highest BCUT2D eigenvalue weighted by Gasteiger charge is 2.10. The van der Waals surface area contributed by atoms with Gasteiger partial charge >= 0.3 is 0 Å². The summed E-state index contributed by atoms with van der Waals surface area (Å²) < 4.78 is 11.0. The van der Waals surface area contributed by atoms with Gasteiger partial charge in [0.05, 0.1) is 19.8 Å². The first-order valence-electron chi connectivity index (χ1n) is 8.38. The molecule has 0 aliphatic carbocycles. The first kappa shape index (κ1) is 18.8. The first-order valence-corrected chi connectivity index (χ1v) is 8.76. The largest absolute Gasteiger partial charge is 0.493 e. The van der Waals surface area contributed by atoms with E-state index in [0.717, 1.165) is 56.7 Å². The Hall–Kier alpha value is -1.50. The molecular weight excluding hydrogens is 328 g/mol. The van der Waals surface area contributed by atoms with Gasteiger partial charge < -0.3 is 20.1 Å². The smallest absolute Gasteiger partial charge is 0.191 e. The van der Waals surface area contributed by atoms with Gasteiger partial charge in [-0.15, -0.1) is 0 Å². The van der Waals surface area contributed by atoms with Crippen molar-refractivity contribution >= 4 is 17.6 Å². The Morgan fingerprint density at radius 1 is 1.33 bits per heavy atom. The van der Waals surface area contributed by atoms with E-state index in [4.69, 9.17) is 21.1 Å². The molecule has 7 heteroatoms. The fourth-order valence-electron chi connectivity index (χ4n) is 2.52. The second-order valence-corrected chi connectivity index (χ2v) is 5.93. The van der Waals surface area contributed by atoms with Gasteiger partial charge in [0.15, 0.2) is 5.96 Å². The van der Waals surface area contributed by atoms with Crippen molar-refractivity contribution in [3.63, 3.8) is 0 Å². The summed E-state index contributed by atoms with van der Waals surface area (Å²) in [4.78, 5) is 6.65. The van der Waals surface area contributed by atoms with Crippen LogP contribution in [-0.2, 0) is 11.3 Å². The lowest BCUT2D eigenvalue weighted by atomic mass is 10.2. The minimum absolute atomic E-state index is 0.611. The number of rotatable bonds is 7. The van der Waals surface area contributed by atoms with Gasteiger partial charge in [0.25, 0.3) is 0 Å². The van der Waals surface area contributed by atoms with Crippen molar-refractivity contribution < 1.29 is 9.47 Å². The maximum Gasteiger partial charge on any atom is 0.191 e. The SMILES string of the molecule is CCOc1cc(Cl)ccc1CNC(=NC)NCCN1CCOCC1. The minimum atomic E-state index is 0.611. The van der Waals surface area contributed by atoms with Crippen LogP contribution in [0.15, 0.2) is 23.2 Å². The van der Waals surface area contributed by atoms with Crippen LogP contribution in [0.3, 0.4) is 0 Å². The van der Waals surface area contributed by atoms with Gasteiger partial charge in [-0.2, -0.15) is 0 Å². The molecule has 24 heavy (non-hydrogen) atoms. The molecule has 1 aromatic carbocycles. The first-order chi connectivity index (χ1) is 11.7. The van der Waals surface area contributed by atoms with Gasteiger partial charge in [-0.05, 0) is 19.1 Å². The van der Waals surface area contributed by atoms with Crippen LogP contribution in [0.4, 0.5) is 0 Å². The Bertz CT molecular complexity index is 533. The average Bonchev–Trinajstić information content (AvgIpc) is 2.60. The average molecular weight is 355 g/mol. The van der Waals surface area contributed by atoms with Crippen LogP contribution in [-0.4, -0.2) is 63.9 Å². The Labute approximate surface area is 149 Å². The third kappa shape index (κ3) is 6.19. The van der Waals surface area contributed by atoms with Crippen LogP contribution in [0.1, 0.15) is 12.5 Å². The summed E-state index contributed by atoms with van der Waals surface area (Å²) in [5.41, 5.74) is 1.05. The molecule has 0 amide bonds. The van der Waals surface area contributed by atoms with Crippen LogP contribution in [0.2, 0.25) is 5.02 Å².